The first-order valence-corrected chi connectivity index (χ1v) is 13.1. The molecule has 0 aromatic heterocycles. The van der Waals surface area contributed by atoms with Crippen molar-refractivity contribution in [3.8, 4) is 11.5 Å². The monoisotopic (exact) mass is 519 g/mol. The quantitative estimate of drug-likeness (QED) is 0.483. The van der Waals surface area contributed by atoms with Crippen LogP contribution in [0.25, 0.3) is 5.70 Å². The van der Waals surface area contributed by atoms with Crippen molar-refractivity contribution in [1.29, 1.82) is 0 Å². The van der Waals surface area contributed by atoms with Gasteiger partial charge in [0.25, 0.3) is 0 Å². The van der Waals surface area contributed by atoms with Gasteiger partial charge in [0.15, 0.2) is 16.7 Å². The molecule has 1 N–H and O–H groups in total. The molecule has 0 bridgehead atoms. The summed E-state index contributed by atoms with van der Waals surface area (Å²) in [7, 11) is 3.15. The van der Waals surface area contributed by atoms with Gasteiger partial charge in [-0.2, -0.15) is 0 Å². The molecule has 3 aliphatic rings. The molecule has 1 amide bonds. The molecule has 0 saturated heterocycles. The van der Waals surface area contributed by atoms with Crippen molar-refractivity contribution < 1.29 is 23.8 Å². The van der Waals surface area contributed by atoms with E-state index in [1.807, 2.05) is 58.8 Å². The van der Waals surface area contributed by atoms with E-state index in [-0.39, 0.29) is 25.0 Å². The summed E-state index contributed by atoms with van der Waals surface area (Å²) in [5, 5.41) is 5.67. The Labute approximate surface area is 220 Å². The second-order valence-electron chi connectivity index (χ2n) is 8.84. The van der Waals surface area contributed by atoms with E-state index in [0.29, 0.717) is 33.5 Å². The van der Waals surface area contributed by atoms with E-state index >= 15 is 0 Å². The number of carbonyl (C=O) groups excluding carboxylic acids is 2. The minimum Gasteiger partial charge on any atom is -0.493 e. The Bertz CT molecular complexity index is 1300. The van der Waals surface area contributed by atoms with Crippen molar-refractivity contribution in [2.45, 2.75) is 38.3 Å². The second-order valence-corrected chi connectivity index (χ2v) is 9.68. The number of amides is 1. The lowest BCUT2D eigenvalue weighted by molar-refractivity contribution is -0.139. The van der Waals surface area contributed by atoms with Crippen LogP contribution in [-0.4, -0.2) is 48.8 Å². The van der Waals surface area contributed by atoms with Gasteiger partial charge in [0.1, 0.15) is 0 Å². The lowest BCUT2D eigenvalue weighted by Gasteiger charge is -2.37. The summed E-state index contributed by atoms with van der Waals surface area (Å²) >= 11 is 1.43. The lowest BCUT2D eigenvalue weighted by atomic mass is 9.90. The van der Waals surface area contributed by atoms with E-state index in [4.69, 9.17) is 19.2 Å². The maximum Gasteiger partial charge on any atom is 0.338 e. The maximum atomic E-state index is 13.6. The number of aliphatic imine (C=N–C) groups is 1. The number of hydrogen-bond acceptors (Lipinski definition) is 8. The molecule has 192 valence electrons. The first kappa shape index (κ1) is 25.0. The molecule has 2 aliphatic heterocycles. The van der Waals surface area contributed by atoms with Crippen molar-refractivity contribution in [3.63, 3.8) is 0 Å². The molecule has 9 heteroatoms. The smallest absolute Gasteiger partial charge is 0.338 e. The topological polar surface area (TPSA) is 89.5 Å². The summed E-state index contributed by atoms with van der Waals surface area (Å²) in [5.74, 6) is 0.515. The molecule has 2 aromatic rings. The van der Waals surface area contributed by atoms with Gasteiger partial charge < -0.3 is 24.4 Å². The zero-order chi connectivity index (χ0) is 25.9. The van der Waals surface area contributed by atoms with E-state index in [1.165, 1.54) is 11.8 Å². The molecule has 0 unspecified atom stereocenters. The Balaban J connectivity index is 1.69. The highest BCUT2D eigenvalue weighted by molar-refractivity contribution is 8.16. The van der Waals surface area contributed by atoms with E-state index in [9.17, 15) is 9.59 Å². The van der Waals surface area contributed by atoms with Crippen LogP contribution in [0.5, 0.6) is 11.5 Å². The molecular formula is C28H29N3O5S. The maximum absolute atomic E-state index is 13.6. The number of amidine groups is 1. The fourth-order valence-electron chi connectivity index (χ4n) is 4.58. The number of esters is 1. The molecule has 1 fully saturated rings. The Morgan fingerprint density at radius 2 is 1.86 bits per heavy atom. The van der Waals surface area contributed by atoms with Gasteiger partial charge in [0.2, 0.25) is 5.91 Å². The largest absolute Gasteiger partial charge is 0.493 e. The van der Waals surface area contributed by atoms with Crippen molar-refractivity contribution >= 4 is 34.5 Å². The minimum absolute atomic E-state index is 0.0533. The number of ether oxygens (including phenoxy) is 3. The molecular weight excluding hydrogens is 490 g/mol. The van der Waals surface area contributed by atoms with Gasteiger partial charge in [-0.05, 0) is 31.2 Å². The molecule has 8 nitrogen and oxygen atoms in total. The van der Waals surface area contributed by atoms with Crippen LogP contribution < -0.4 is 14.8 Å². The summed E-state index contributed by atoms with van der Waals surface area (Å²) < 4.78 is 17.0. The average Bonchev–Trinajstić information content (AvgIpc) is 3.65. The Morgan fingerprint density at radius 1 is 1.08 bits per heavy atom. The van der Waals surface area contributed by atoms with Gasteiger partial charge in [-0.15, -0.1) is 0 Å². The van der Waals surface area contributed by atoms with Crippen molar-refractivity contribution in [2.24, 2.45) is 4.99 Å². The summed E-state index contributed by atoms with van der Waals surface area (Å²) in [6.07, 6.45) is 2.19. The van der Waals surface area contributed by atoms with Crippen molar-refractivity contribution in [2.75, 3.05) is 20.8 Å². The molecule has 2 heterocycles. The number of rotatable bonds is 9. The zero-order valence-electron chi connectivity index (χ0n) is 21.0. The van der Waals surface area contributed by atoms with Crippen LogP contribution in [0.15, 0.2) is 70.2 Å². The number of fused-ring (bicyclic) bond motifs is 1. The van der Waals surface area contributed by atoms with Gasteiger partial charge >= 0.3 is 5.97 Å². The second kappa shape index (κ2) is 10.7. The molecule has 0 radical (unpaired) electrons. The molecule has 37 heavy (non-hydrogen) atoms. The highest BCUT2D eigenvalue weighted by Crippen LogP contribution is 2.50. The van der Waals surface area contributed by atoms with E-state index < -0.39 is 12.0 Å². The number of hydrogen-bond donors (Lipinski definition) is 1. The van der Waals surface area contributed by atoms with Gasteiger partial charge in [-0.3, -0.25) is 4.79 Å². The van der Waals surface area contributed by atoms with Crippen molar-refractivity contribution in [3.05, 3.63) is 76.3 Å². The number of benzene rings is 2. The zero-order valence-corrected chi connectivity index (χ0v) is 21.8. The molecule has 2 aromatic carbocycles. The van der Waals surface area contributed by atoms with Crippen LogP contribution in [0.1, 0.15) is 43.4 Å². The number of thioether (sulfide) groups is 1. The Hall–Kier alpha value is -3.72. The number of methoxy groups -OCH3 is 2. The highest BCUT2D eigenvalue weighted by Gasteiger charge is 2.44. The van der Waals surface area contributed by atoms with Crippen LogP contribution in [0.3, 0.4) is 0 Å². The minimum atomic E-state index is -0.651. The fraction of sp³-hybridized carbons (Fsp3) is 0.321. The van der Waals surface area contributed by atoms with Gasteiger partial charge in [-0.1, -0.05) is 54.2 Å². The Kier molecular flexibility index (Phi) is 7.23. The van der Waals surface area contributed by atoms with Gasteiger partial charge in [0, 0.05) is 22.9 Å². The predicted molar refractivity (Wildman–Crippen MR) is 143 cm³/mol. The molecule has 0 spiro atoms. The third-order valence-corrected chi connectivity index (χ3v) is 7.25. The number of para-hydroxylation sites is 1. The SMILES string of the molecule is CCOC(=O)C1=C(c2ccccc2)N=C2SC=C(CC(=O)NC3CC3)N2[C@H]1c1cccc(OC)c1OC. The first-order valence-electron chi connectivity index (χ1n) is 12.3. The number of nitrogens with one attached hydrogen (secondary N) is 1. The lowest BCUT2D eigenvalue weighted by Crippen LogP contribution is -2.38. The summed E-state index contributed by atoms with van der Waals surface area (Å²) in [6.45, 7) is 1.99. The molecule has 1 aliphatic carbocycles. The highest BCUT2D eigenvalue weighted by atomic mass is 32.2. The molecule has 1 saturated carbocycles. The van der Waals surface area contributed by atoms with E-state index in [0.717, 1.165) is 24.1 Å². The van der Waals surface area contributed by atoms with Crippen LogP contribution in [0, 0.1) is 0 Å². The van der Waals surface area contributed by atoms with Crippen LogP contribution in [-0.2, 0) is 14.3 Å². The van der Waals surface area contributed by atoms with E-state index in [1.54, 1.807) is 21.1 Å². The summed E-state index contributed by atoms with van der Waals surface area (Å²) in [4.78, 5) is 33.3. The van der Waals surface area contributed by atoms with Gasteiger partial charge in [-0.25, -0.2) is 9.79 Å². The third-order valence-electron chi connectivity index (χ3n) is 6.36. The van der Waals surface area contributed by atoms with Crippen LogP contribution >= 0.6 is 11.8 Å². The predicted octanol–water partition coefficient (Wildman–Crippen LogP) is 4.65. The number of carbonyl (C=O) groups is 2. The van der Waals surface area contributed by atoms with Gasteiger partial charge in [0.05, 0.1) is 44.6 Å². The average molecular weight is 520 g/mol. The number of nitrogens with zero attached hydrogens (tertiary/aromatic N) is 2. The standard InChI is InChI=1S/C28H29N3O5S/c1-4-36-27(33)23-24(17-9-6-5-7-10-17)30-28-31(19(16-37-28)15-22(32)29-18-13-14-18)25(23)20-11-8-12-21(34-2)26(20)35-3/h5-12,16,18,25H,4,13-15H2,1-3H3,(H,29,32)/t25-/m0/s1. The Morgan fingerprint density at radius 3 is 2.54 bits per heavy atom. The van der Waals surface area contributed by atoms with E-state index in [2.05, 4.69) is 5.32 Å². The molecule has 1 atom stereocenters. The van der Waals surface area contributed by atoms with Crippen LogP contribution in [0.4, 0.5) is 0 Å². The summed E-state index contributed by atoms with van der Waals surface area (Å²) in [5.41, 5.74) is 3.17. The molecule has 5 rings (SSSR count). The normalized spacial score (nSPS) is 18.6. The van der Waals surface area contributed by atoms with Crippen molar-refractivity contribution in [1.82, 2.24) is 10.2 Å². The van der Waals surface area contributed by atoms with Crippen LogP contribution in [0.2, 0.25) is 0 Å². The first-order chi connectivity index (χ1) is 18.0. The summed E-state index contributed by atoms with van der Waals surface area (Å²) in [6, 6.07) is 14.8. The third kappa shape index (κ3) is 4.96. The fourth-order valence-corrected chi connectivity index (χ4v) is 5.50.